The number of hydrogen-bond acceptors (Lipinski definition) is 5. The fraction of sp³-hybridized carbons (Fsp3) is 0.125. The van der Waals surface area contributed by atoms with E-state index in [0.717, 1.165) is 0 Å². The molecule has 0 aliphatic rings. The maximum atomic E-state index is 12.2. The van der Waals surface area contributed by atoms with E-state index in [1.807, 2.05) is 0 Å². The molecule has 2 heterocycles. The predicted molar refractivity (Wildman–Crippen MR) is 91.3 cm³/mol. The molecule has 0 radical (unpaired) electrons. The van der Waals surface area contributed by atoms with Gasteiger partial charge in [0.25, 0.3) is 5.91 Å². The Kier molecular flexibility index (Phi) is 4.71. The van der Waals surface area contributed by atoms with Gasteiger partial charge in [0, 0.05) is 23.5 Å². The first-order chi connectivity index (χ1) is 10.8. The molecule has 0 aromatic carbocycles. The van der Waals surface area contributed by atoms with Gasteiger partial charge in [-0.1, -0.05) is 13.2 Å². The second-order valence-corrected chi connectivity index (χ2v) is 6.01. The summed E-state index contributed by atoms with van der Waals surface area (Å²) in [7, 11) is 3.05. The highest BCUT2D eigenvalue weighted by Crippen LogP contribution is 2.09. The van der Waals surface area contributed by atoms with Gasteiger partial charge in [0.15, 0.2) is 0 Å². The topological polar surface area (TPSA) is 86.3 Å². The van der Waals surface area contributed by atoms with Crippen molar-refractivity contribution in [1.29, 1.82) is 0 Å². The van der Waals surface area contributed by atoms with Gasteiger partial charge < -0.3 is 20.4 Å². The number of nitrogens with one attached hydrogen (secondary N) is 1. The average Bonchev–Trinajstić information content (AvgIpc) is 3.00. The third-order valence-electron chi connectivity index (χ3n) is 3.09. The Balaban J connectivity index is 2.20. The number of thiophene rings is 1. The number of nitrogens with zero attached hydrogens (tertiary/aromatic N) is 1. The zero-order chi connectivity index (χ0) is 17.1. The highest BCUT2D eigenvalue weighted by molar-refractivity contribution is 7.11. The number of anilines is 1. The van der Waals surface area contributed by atoms with E-state index in [4.69, 9.17) is 5.73 Å². The Bertz CT molecular complexity index is 892. The van der Waals surface area contributed by atoms with E-state index in [1.165, 1.54) is 18.4 Å². The maximum Gasteiger partial charge on any atom is 0.348 e. The van der Waals surface area contributed by atoms with Crippen LogP contribution in [0.15, 0.2) is 30.6 Å². The van der Waals surface area contributed by atoms with Crippen molar-refractivity contribution in [3.8, 4) is 0 Å². The van der Waals surface area contributed by atoms with Gasteiger partial charge >= 0.3 is 5.97 Å². The van der Waals surface area contributed by atoms with E-state index < -0.39 is 5.97 Å². The van der Waals surface area contributed by atoms with Crippen LogP contribution in [0.2, 0.25) is 0 Å². The third kappa shape index (κ3) is 3.70. The molecule has 2 aromatic rings. The summed E-state index contributed by atoms with van der Waals surface area (Å²) in [6, 6.07) is 3.23. The minimum atomic E-state index is -0.423. The van der Waals surface area contributed by atoms with Gasteiger partial charge in [-0.05, 0) is 23.4 Å². The molecule has 0 saturated carbocycles. The Morgan fingerprint density at radius 3 is 2.70 bits per heavy atom. The first-order valence-electron chi connectivity index (χ1n) is 6.62. The lowest BCUT2D eigenvalue weighted by Crippen LogP contribution is -2.25. The number of nitrogens with two attached hydrogens (primary N) is 1. The Morgan fingerprint density at radius 1 is 1.43 bits per heavy atom. The lowest BCUT2D eigenvalue weighted by atomic mass is 10.3. The van der Waals surface area contributed by atoms with Crippen LogP contribution in [0, 0.1) is 0 Å². The first kappa shape index (κ1) is 16.6. The Hall–Kier alpha value is -2.80. The minimum absolute atomic E-state index is 0.320. The molecule has 0 saturated heterocycles. The monoisotopic (exact) mass is 331 g/mol. The summed E-state index contributed by atoms with van der Waals surface area (Å²) in [5, 5.41) is 3.37. The van der Waals surface area contributed by atoms with E-state index in [9.17, 15) is 9.59 Å². The van der Waals surface area contributed by atoms with E-state index in [0.29, 0.717) is 31.7 Å². The zero-order valence-electron chi connectivity index (χ0n) is 12.9. The van der Waals surface area contributed by atoms with Crippen LogP contribution in [0.4, 0.5) is 5.69 Å². The van der Waals surface area contributed by atoms with Crippen molar-refractivity contribution in [2.45, 2.75) is 0 Å². The SMILES string of the molecule is C=C(/C=c1/cc(C(=O)OC)sc1=C)NC(=O)c1cc(N)cn1C. The minimum Gasteiger partial charge on any atom is -0.465 e. The lowest BCUT2D eigenvalue weighted by molar-refractivity contribution is 0.0606. The molecule has 2 rings (SSSR count). The number of hydrogen-bond donors (Lipinski definition) is 2. The highest BCUT2D eigenvalue weighted by Gasteiger charge is 2.11. The van der Waals surface area contributed by atoms with Crippen LogP contribution in [0.3, 0.4) is 0 Å². The summed E-state index contributed by atoms with van der Waals surface area (Å²) in [5.41, 5.74) is 6.97. The third-order valence-corrected chi connectivity index (χ3v) is 4.08. The molecule has 6 nitrogen and oxygen atoms in total. The number of amides is 1. The van der Waals surface area contributed by atoms with Gasteiger partial charge in [-0.2, -0.15) is 0 Å². The van der Waals surface area contributed by atoms with E-state index >= 15 is 0 Å². The molecule has 0 aliphatic heterocycles. The standard InChI is InChI=1S/C16H17N3O3S/c1-9(18-15(20)13-7-12(17)8-19(13)3)5-11-6-14(16(21)22-4)23-10(11)2/h5-8H,1-2,17H2,3-4H3,(H,18,20)/b11-5-. The molecule has 3 N–H and O–H groups in total. The number of aryl methyl sites for hydroxylation is 1. The quantitative estimate of drug-likeness (QED) is 0.803. The molecule has 0 unspecified atom stereocenters. The lowest BCUT2D eigenvalue weighted by Gasteiger charge is -2.05. The van der Waals surface area contributed by atoms with Crippen LogP contribution < -0.4 is 20.8 Å². The van der Waals surface area contributed by atoms with Crippen LogP contribution in [0.5, 0.6) is 0 Å². The van der Waals surface area contributed by atoms with E-state index in [1.54, 1.807) is 36.0 Å². The van der Waals surface area contributed by atoms with E-state index in [-0.39, 0.29) is 5.91 Å². The first-order valence-corrected chi connectivity index (χ1v) is 7.44. The van der Waals surface area contributed by atoms with Crippen molar-refractivity contribution < 1.29 is 14.3 Å². The fourth-order valence-corrected chi connectivity index (χ4v) is 2.87. The number of carbonyl (C=O) groups is 2. The largest absolute Gasteiger partial charge is 0.465 e. The summed E-state index contributed by atoms with van der Waals surface area (Å²) < 4.78 is 6.98. The summed E-state index contributed by atoms with van der Waals surface area (Å²) in [4.78, 5) is 24.1. The maximum absolute atomic E-state index is 12.2. The van der Waals surface area contributed by atoms with Gasteiger partial charge in [-0.3, -0.25) is 4.79 Å². The highest BCUT2D eigenvalue weighted by atomic mass is 32.1. The van der Waals surface area contributed by atoms with Crippen LogP contribution in [0.1, 0.15) is 20.2 Å². The second kappa shape index (κ2) is 6.53. The fourth-order valence-electron chi connectivity index (χ4n) is 2.02. The van der Waals surface area contributed by atoms with Crippen molar-refractivity contribution in [3.63, 3.8) is 0 Å². The summed E-state index contributed by atoms with van der Waals surface area (Å²) in [5.74, 6) is -0.743. The van der Waals surface area contributed by atoms with Crippen LogP contribution in [-0.2, 0) is 11.8 Å². The number of aromatic nitrogens is 1. The van der Waals surface area contributed by atoms with Gasteiger partial charge in [-0.15, -0.1) is 11.3 Å². The van der Waals surface area contributed by atoms with Crippen molar-refractivity contribution in [2.24, 2.45) is 7.05 Å². The Morgan fingerprint density at radius 2 is 2.13 bits per heavy atom. The predicted octanol–water partition coefficient (Wildman–Crippen LogP) is 0.590. The smallest absolute Gasteiger partial charge is 0.348 e. The average molecular weight is 331 g/mol. The van der Waals surface area contributed by atoms with Crippen molar-refractivity contribution in [1.82, 2.24) is 9.88 Å². The number of rotatable bonds is 4. The van der Waals surface area contributed by atoms with Gasteiger partial charge in [-0.25, -0.2) is 4.79 Å². The van der Waals surface area contributed by atoms with Crippen molar-refractivity contribution >= 4 is 41.6 Å². The number of ether oxygens (including phenoxy) is 1. The molecule has 0 bridgehead atoms. The summed E-state index contributed by atoms with van der Waals surface area (Å²) in [6.07, 6.45) is 3.30. The van der Waals surface area contributed by atoms with Crippen molar-refractivity contribution in [3.05, 3.63) is 50.9 Å². The van der Waals surface area contributed by atoms with Gasteiger partial charge in [0.1, 0.15) is 10.6 Å². The van der Waals surface area contributed by atoms with Crippen LogP contribution in [-0.4, -0.2) is 23.6 Å². The van der Waals surface area contributed by atoms with Crippen molar-refractivity contribution in [2.75, 3.05) is 12.8 Å². The zero-order valence-corrected chi connectivity index (χ0v) is 13.7. The number of carbonyl (C=O) groups excluding carboxylic acids is 2. The van der Waals surface area contributed by atoms with Crippen LogP contribution in [0.25, 0.3) is 12.7 Å². The van der Waals surface area contributed by atoms with Gasteiger partial charge in [0.05, 0.1) is 12.8 Å². The second-order valence-electron chi connectivity index (χ2n) is 4.87. The van der Waals surface area contributed by atoms with E-state index in [2.05, 4.69) is 23.2 Å². The normalized spacial score (nSPS) is 11.3. The molecule has 23 heavy (non-hydrogen) atoms. The Labute approximate surface area is 137 Å². The molecular weight excluding hydrogens is 314 g/mol. The molecular formula is C16H17N3O3S. The number of nitrogen functional groups attached to an aromatic ring is 1. The number of methoxy groups -OCH3 is 1. The molecule has 120 valence electrons. The molecule has 0 aliphatic carbocycles. The molecule has 7 heteroatoms. The molecule has 1 amide bonds. The van der Waals surface area contributed by atoms with Gasteiger partial charge in [0.2, 0.25) is 0 Å². The molecule has 2 aromatic heterocycles. The number of allylic oxidation sites excluding steroid dienone is 1. The molecule has 0 atom stereocenters. The molecule has 0 spiro atoms. The number of esters is 1. The van der Waals surface area contributed by atoms with Crippen LogP contribution >= 0.6 is 11.3 Å². The summed E-state index contributed by atoms with van der Waals surface area (Å²) in [6.45, 7) is 7.67. The summed E-state index contributed by atoms with van der Waals surface area (Å²) >= 11 is 1.22. The molecule has 0 fully saturated rings.